The maximum Gasteiger partial charge on any atom is 0.326 e. The van der Waals surface area contributed by atoms with Gasteiger partial charge in [0.1, 0.15) is 0 Å². The van der Waals surface area contributed by atoms with E-state index in [1.165, 1.54) is 0 Å². The molecule has 0 unspecified atom stereocenters. The molecule has 0 bridgehead atoms. The van der Waals surface area contributed by atoms with Gasteiger partial charge in [-0.1, -0.05) is 42.5 Å². The number of hydrogen-bond donors (Lipinski definition) is 2. The number of imidazole rings is 1. The Hall–Kier alpha value is -2.29. The SMILES string of the molecule is CN(C)C(=NCc1ccccc1)NCCn1c(=O)[nH]c2ccccc21.I. The van der Waals surface area contributed by atoms with Crippen LogP contribution in [-0.2, 0) is 13.1 Å². The molecule has 26 heavy (non-hydrogen) atoms. The maximum absolute atomic E-state index is 12.1. The van der Waals surface area contributed by atoms with Crippen LogP contribution in [0.15, 0.2) is 64.4 Å². The smallest absolute Gasteiger partial charge is 0.326 e. The molecule has 0 aliphatic carbocycles. The summed E-state index contributed by atoms with van der Waals surface area (Å²) in [6, 6.07) is 17.8. The quantitative estimate of drug-likeness (QED) is 0.346. The highest BCUT2D eigenvalue weighted by Gasteiger charge is 2.06. The summed E-state index contributed by atoms with van der Waals surface area (Å²) in [6.07, 6.45) is 0. The maximum atomic E-state index is 12.1. The largest absolute Gasteiger partial charge is 0.354 e. The molecular weight excluding hydrogens is 441 g/mol. The fraction of sp³-hybridized carbons (Fsp3) is 0.263. The summed E-state index contributed by atoms with van der Waals surface area (Å²) in [4.78, 5) is 21.6. The minimum absolute atomic E-state index is 0. The van der Waals surface area contributed by atoms with Crippen LogP contribution < -0.4 is 11.0 Å². The van der Waals surface area contributed by atoms with Gasteiger partial charge in [-0.3, -0.25) is 4.57 Å². The number of halogens is 1. The molecule has 138 valence electrons. The zero-order valence-electron chi connectivity index (χ0n) is 15.0. The van der Waals surface area contributed by atoms with Gasteiger partial charge in [-0.15, -0.1) is 24.0 Å². The van der Waals surface area contributed by atoms with Gasteiger partial charge in [0.25, 0.3) is 0 Å². The van der Waals surface area contributed by atoms with Crippen LogP contribution in [0.2, 0.25) is 0 Å². The van der Waals surface area contributed by atoms with E-state index >= 15 is 0 Å². The van der Waals surface area contributed by atoms with E-state index in [0.29, 0.717) is 19.6 Å². The first-order valence-electron chi connectivity index (χ1n) is 8.32. The zero-order chi connectivity index (χ0) is 17.6. The molecule has 7 heteroatoms. The van der Waals surface area contributed by atoms with Gasteiger partial charge in [0.15, 0.2) is 5.96 Å². The van der Waals surface area contributed by atoms with Gasteiger partial charge in [0.2, 0.25) is 0 Å². The number of aliphatic imine (C=N–C) groups is 1. The molecule has 1 heterocycles. The number of aromatic nitrogens is 2. The summed E-state index contributed by atoms with van der Waals surface area (Å²) >= 11 is 0. The molecule has 0 radical (unpaired) electrons. The fourth-order valence-corrected chi connectivity index (χ4v) is 2.71. The van der Waals surface area contributed by atoms with Crippen LogP contribution in [-0.4, -0.2) is 41.1 Å². The molecule has 2 aromatic carbocycles. The molecule has 0 aliphatic rings. The Bertz CT molecular complexity index is 914. The van der Waals surface area contributed by atoms with Crippen molar-refractivity contribution in [2.75, 3.05) is 20.6 Å². The molecule has 0 saturated carbocycles. The van der Waals surface area contributed by atoms with Crippen molar-refractivity contribution < 1.29 is 0 Å². The molecule has 0 amide bonds. The highest BCUT2D eigenvalue weighted by Crippen LogP contribution is 2.08. The zero-order valence-corrected chi connectivity index (χ0v) is 17.3. The molecule has 6 nitrogen and oxygen atoms in total. The molecule has 2 N–H and O–H groups in total. The Balaban J connectivity index is 0.00000243. The van der Waals surface area contributed by atoms with Crippen molar-refractivity contribution in [3.05, 3.63) is 70.6 Å². The van der Waals surface area contributed by atoms with E-state index in [2.05, 4.69) is 27.4 Å². The van der Waals surface area contributed by atoms with Crippen LogP contribution in [0, 0.1) is 0 Å². The molecule has 3 aromatic rings. The van der Waals surface area contributed by atoms with Gasteiger partial charge < -0.3 is 15.2 Å². The number of rotatable bonds is 5. The van der Waals surface area contributed by atoms with Gasteiger partial charge in [-0.2, -0.15) is 0 Å². The van der Waals surface area contributed by atoms with Crippen molar-refractivity contribution in [3.8, 4) is 0 Å². The van der Waals surface area contributed by atoms with Gasteiger partial charge in [-0.25, -0.2) is 9.79 Å². The normalized spacial score (nSPS) is 11.2. The monoisotopic (exact) mass is 465 g/mol. The summed E-state index contributed by atoms with van der Waals surface area (Å²) in [5, 5.41) is 3.32. The predicted octanol–water partition coefficient (Wildman–Crippen LogP) is 2.66. The molecule has 0 aliphatic heterocycles. The van der Waals surface area contributed by atoms with Crippen molar-refractivity contribution in [1.82, 2.24) is 19.8 Å². The topological polar surface area (TPSA) is 65.4 Å². The number of nitrogens with zero attached hydrogens (tertiary/aromatic N) is 3. The standard InChI is InChI=1S/C19H23N5O.HI/c1-23(2)18(21-14-15-8-4-3-5-9-15)20-12-13-24-17-11-7-6-10-16(17)22-19(24)25;/h3-11H,12-14H2,1-2H3,(H,20,21)(H,22,25);1H. The first-order chi connectivity index (χ1) is 12.1. The molecule has 0 atom stereocenters. The van der Waals surface area contributed by atoms with Gasteiger partial charge >= 0.3 is 5.69 Å². The highest BCUT2D eigenvalue weighted by molar-refractivity contribution is 14.0. The summed E-state index contributed by atoms with van der Waals surface area (Å²) < 4.78 is 1.74. The van der Waals surface area contributed by atoms with Crippen LogP contribution in [0.25, 0.3) is 11.0 Å². The first kappa shape index (κ1) is 20.0. The van der Waals surface area contributed by atoms with Crippen molar-refractivity contribution >= 4 is 41.0 Å². The van der Waals surface area contributed by atoms with Gasteiger partial charge in [-0.05, 0) is 17.7 Å². The number of para-hydroxylation sites is 2. The van der Waals surface area contributed by atoms with Crippen LogP contribution in [0.4, 0.5) is 0 Å². The molecule has 1 aromatic heterocycles. The number of benzene rings is 2. The van der Waals surface area contributed by atoms with E-state index in [-0.39, 0.29) is 29.7 Å². The van der Waals surface area contributed by atoms with E-state index in [9.17, 15) is 4.79 Å². The van der Waals surface area contributed by atoms with Crippen molar-refractivity contribution in [2.45, 2.75) is 13.1 Å². The Kier molecular flexibility index (Phi) is 7.26. The molecular formula is C19H24IN5O. The minimum atomic E-state index is -0.0874. The second-order valence-corrected chi connectivity index (χ2v) is 6.05. The average molecular weight is 465 g/mol. The summed E-state index contributed by atoms with van der Waals surface area (Å²) in [5.41, 5.74) is 2.85. The second kappa shape index (κ2) is 9.42. The Morgan fingerprint density at radius 3 is 2.54 bits per heavy atom. The number of aromatic amines is 1. The van der Waals surface area contributed by atoms with Crippen LogP contribution in [0.5, 0.6) is 0 Å². The van der Waals surface area contributed by atoms with E-state index in [0.717, 1.165) is 22.6 Å². The number of hydrogen-bond acceptors (Lipinski definition) is 2. The summed E-state index contributed by atoms with van der Waals surface area (Å²) in [5.74, 6) is 0.803. The Morgan fingerprint density at radius 1 is 1.12 bits per heavy atom. The number of fused-ring (bicyclic) bond motifs is 1. The van der Waals surface area contributed by atoms with E-state index in [1.54, 1.807) is 4.57 Å². The molecule has 0 spiro atoms. The fourth-order valence-electron chi connectivity index (χ4n) is 2.71. The third-order valence-corrected chi connectivity index (χ3v) is 3.98. The lowest BCUT2D eigenvalue weighted by molar-refractivity contribution is 0.564. The molecule has 0 saturated heterocycles. The highest BCUT2D eigenvalue weighted by atomic mass is 127. The van der Waals surface area contributed by atoms with E-state index in [1.807, 2.05) is 61.5 Å². The second-order valence-electron chi connectivity index (χ2n) is 6.05. The van der Waals surface area contributed by atoms with Crippen LogP contribution >= 0.6 is 24.0 Å². The molecule has 0 fully saturated rings. The lowest BCUT2D eigenvalue weighted by atomic mass is 10.2. The lowest BCUT2D eigenvalue weighted by Crippen LogP contribution is -2.38. The van der Waals surface area contributed by atoms with Crippen molar-refractivity contribution in [2.24, 2.45) is 4.99 Å². The predicted molar refractivity (Wildman–Crippen MR) is 117 cm³/mol. The number of H-pyrrole nitrogens is 1. The van der Waals surface area contributed by atoms with Crippen LogP contribution in [0.1, 0.15) is 5.56 Å². The number of nitrogens with one attached hydrogen (secondary N) is 2. The minimum Gasteiger partial charge on any atom is -0.354 e. The third-order valence-electron chi connectivity index (χ3n) is 3.98. The van der Waals surface area contributed by atoms with Crippen molar-refractivity contribution in [1.29, 1.82) is 0 Å². The first-order valence-corrected chi connectivity index (χ1v) is 8.32. The molecule has 3 rings (SSSR count). The summed E-state index contributed by atoms with van der Waals surface area (Å²) in [6.45, 7) is 1.81. The Labute approximate surface area is 170 Å². The lowest BCUT2D eigenvalue weighted by Gasteiger charge is -2.18. The number of guanidine groups is 1. The van der Waals surface area contributed by atoms with E-state index in [4.69, 9.17) is 0 Å². The Morgan fingerprint density at radius 2 is 1.81 bits per heavy atom. The summed E-state index contributed by atoms with van der Waals surface area (Å²) in [7, 11) is 3.91. The third kappa shape index (κ3) is 4.87. The van der Waals surface area contributed by atoms with E-state index < -0.39 is 0 Å². The van der Waals surface area contributed by atoms with Crippen LogP contribution in [0.3, 0.4) is 0 Å². The van der Waals surface area contributed by atoms with Gasteiger partial charge in [0.05, 0.1) is 17.6 Å². The van der Waals surface area contributed by atoms with Crippen molar-refractivity contribution in [3.63, 3.8) is 0 Å². The average Bonchev–Trinajstić information content (AvgIpc) is 2.94. The van der Waals surface area contributed by atoms with Gasteiger partial charge in [0, 0.05) is 27.2 Å².